The van der Waals surface area contributed by atoms with Gasteiger partial charge in [-0.15, -0.1) is 0 Å². The molecule has 1 saturated heterocycles. The molecule has 0 unspecified atom stereocenters. The molecule has 7 heteroatoms. The van der Waals surface area contributed by atoms with E-state index in [1.807, 2.05) is 0 Å². The summed E-state index contributed by atoms with van der Waals surface area (Å²) in [5, 5.41) is 0. The second-order valence-corrected chi connectivity index (χ2v) is 5.13. The van der Waals surface area contributed by atoms with Crippen LogP contribution in [0, 0.1) is 0 Å². The average molecular weight is 280 g/mol. The van der Waals surface area contributed by atoms with Gasteiger partial charge < -0.3 is 20.3 Å². The lowest BCUT2D eigenvalue weighted by Gasteiger charge is -2.35. The maximum atomic E-state index is 5.84. The highest BCUT2D eigenvalue weighted by molar-refractivity contribution is 5.43. The molecular weight excluding hydrogens is 256 g/mol. The molecule has 0 amide bonds. The fraction of sp³-hybridized carbons (Fsp3) is 0.769. The van der Waals surface area contributed by atoms with Crippen molar-refractivity contribution in [1.82, 2.24) is 15.0 Å². The van der Waals surface area contributed by atoms with Gasteiger partial charge in [0.1, 0.15) is 0 Å². The molecule has 20 heavy (non-hydrogen) atoms. The van der Waals surface area contributed by atoms with E-state index in [1.165, 1.54) is 0 Å². The smallest absolute Gasteiger partial charge is 0.232 e. The molecule has 0 radical (unpaired) electrons. The van der Waals surface area contributed by atoms with Gasteiger partial charge in [-0.05, 0) is 27.7 Å². The first-order valence-corrected chi connectivity index (χ1v) is 7.20. The van der Waals surface area contributed by atoms with Gasteiger partial charge in [0.15, 0.2) is 0 Å². The summed E-state index contributed by atoms with van der Waals surface area (Å²) in [6, 6.07) is 0. The van der Waals surface area contributed by atoms with Gasteiger partial charge in [-0.25, -0.2) is 0 Å². The molecule has 1 aliphatic heterocycles. The van der Waals surface area contributed by atoms with E-state index < -0.39 is 0 Å². The summed E-state index contributed by atoms with van der Waals surface area (Å²) < 4.78 is 5.73. The topological polar surface area (TPSA) is 80.4 Å². The maximum Gasteiger partial charge on any atom is 0.232 e. The van der Waals surface area contributed by atoms with Gasteiger partial charge in [-0.1, -0.05) is 0 Å². The zero-order valence-electron chi connectivity index (χ0n) is 12.7. The lowest BCUT2D eigenvalue weighted by molar-refractivity contribution is -0.00572. The molecule has 112 valence electrons. The highest BCUT2D eigenvalue weighted by Crippen LogP contribution is 2.19. The monoisotopic (exact) mass is 280 g/mol. The van der Waals surface area contributed by atoms with Crippen LogP contribution in [0.15, 0.2) is 0 Å². The Morgan fingerprint density at radius 1 is 1.15 bits per heavy atom. The molecule has 7 nitrogen and oxygen atoms in total. The second-order valence-electron chi connectivity index (χ2n) is 5.13. The van der Waals surface area contributed by atoms with Crippen molar-refractivity contribution >= 4 is 17.8 Å². The summed E-state index contributed by atoms with van der Waals surface area (Å²) in [5.74, 6) is 1.55. The maximum absolute atomic E-state index is 5.84. The minimum atomic E-state index is 0.161. The van der Waals surface area contributed by atoms with Gasteiger partial charge >= 0.3 is 0 Å². The number of rotatable bonds is 4. The molecule has 0 bridgehead atoms. The van der Waals surface area contributed by atoms with Crippen molar-refractivity contribution in [2.75, 3.05) is 41.7 Å². The SMILES string of the molecule is CCN(CC)c1nc(N)nc(N2C[C@@H](C)O[C@@H](C)C2)n1. The molecule has 1 aliphatic rings. The van der Waals surface area contributed by atoms with E-state index in [-0.39, 0.29) is 18.2 Å². The minimum Gasteiger partial charge on any atom is -0.372 e. The molecule has 2 atom stereocenters. The van der Waals surface area contributed by atoms with Crippen molar-refractivity contribution in [2.45, 2.75) is 39.9 Å². The number of morpholine rings is 1. The molecule has 2 rings (SSSR count). The van der Waals surface area contributed by atoms with Gasteiger partial charge in [0.2, 0.25) is 17.8 Å². The summed E-state index contributed by atoms with van der Waals surface area (Å²) in [6.45, 7) is 11.5. The van der Waals surface area contributed by atoms with Crippen LogP contribution in [-0.4, -0.2) is 53.3 Å². The number of hydrogen-bond acceptors (Lipinski definition) is 7. The zero-order chi connectivity index (χ0) is 14.7. The van der Waals surface area contributed by atoms with E-state index >= 15 is 0 Å². The van der Waals surface area contributed by atoms with E-state index in [0.717, 1.165) is 26.2 Å². The van der Waals surface area contributed by atoms with Gasteiger partial charge in [-0.3, -0.25) is 0 Å². The molecule has 1 aromatic heterocycles. The van der Waals surface area contributed by atoms with Crippen molar-refractivity contribution < 1.29 is 4.74 Å². The predicted octanol–water partition coefficient (Wildman–Crippen LogP) is 0.914. The Hall–Kier alpha value is -1.63. The van der Waals surface area contributed by atoms with E-state index in [9.17, 15) is 0 Å². The van der Waals surface area contributed by atoms with Crippen LogP contribution in [0.1, 0.15) is 27.7 Å². The lowest BCUT2D eigenvalue weighted by atomic mass is 10.2. The molecule has 0 aromatic carbocycles. The van der Waals surface area contributed by atoms with Crippen LogP contribution in [-0.2, 0) is 4.74 Å². The number of ether oxygens (including phenoxy) is 1. The van der Waals surface area contributed by atoms with Crippen molar-refractivity contribution in [3.63, 3.8) is 0 Å². The van der Waals surface area contributed by atoms with Gasteiger partial charge in [0, 0.05) is 26.2 Å². The van der Waals surface area contributed by atoms with E-state index in [1.54, 1.807) is 0 Å². The fourth-order valence-corrected chi connectivity index (χ4v) is 2.50. The Balaban J connectivity index is 2.27. The fourth-order valence-electron chi connectivity index (χ4n) is 2.50. The van der Waals surface area contributed by atoms with Crippen molar-refractivity contribution in [3.8, 4) is 0 Å². The lowest BCUT2D eigenvalue weighted by Crippen LogP contribution is -2.46. The molecule has 0 saturated carbocycles. The van der Waals surface area contributed by atoms with Crippen LogP contribution >= 0.6 is 0 Å². The first kappa shape index (κ1) is 14.8. The normalized spacial score (nSPS) is 22.9. The number of nitrogens with two attached hydrogens (primary N) is 1. The number of hydrogen-bond donors (Lipinski definition) is 1. The highest BCUT2D eigenvalue weighted by atomic mass is 16.5. The largest absolute Gasteiger partial charge is 0.372 e. The van der Waals surface area contributed by atoms with E-state index in [0.29, 0.717) is 11.9 Å². The van der Waals surface area contributed by atoms with E-state index in [2.05, 4.69) is 52.4 Å². The average Bonchev–Trinajstić information content (AvgIpc) is 2.38. The van der Waals surface area contributed by atoms with Crippen molar-refractivity contribution in [1.29, 1.82) is 0 Å². The number of anilines is 3. The van der Waals surface area contributed by atoms with Gasteiger partial charge in [0.25, 0.3) is 0 Å². The standard InChI is InChI=1S/C13H24N6O/c1-5-18(6-2)12-15-11(14)16-13(17-12)19-7-9(3)20-10(4)8-19/h9-10H,5-8H2,1-4H3,(H2,14,15,16,17)/t9-,10+. The van der Waals surface area contributed by atoms with Gasteiger partial charge in [-0.2, -0.15) is 15.0 Å². The van der Waals surface area contributed by atoms with Crippen LogP contribution in [0.2, 0.25) is 0 Å². The van der Waals surface area contributed by atoms with Crippen LogP contribution < -0.4 is 15.5 Å². The van der Waals surface area contributed by atoms with Crippen LogP contribution in [0.4, 0.5) is 17.8 Å². The van der Waals surface area contributed by atoms with Gasteiger partial charge in [0.05, 0.1) is 12.2 Å². The summed E-state index contributed by atoms with van der Waals surface area (Å²) in [7, 11) is 0. The number of nitrogen functional groups attached to an aromatic ring is 1. The Morgan fingerprint density at radius 2 is 1.75 bits per heavy atom. The summed E-state index contributed by atoms with van der Waals surface area (Å²) in [4.78, 5) is 17.3. The molecule has 1 fully saturated rings. The molecule has 2 N–H and O–H groups in total. The Labute approximate surface area is 120 Å². The molecular formula is C13H24N6O. The zero-order valence-corrected chi connectivity index (χ0v) is 12.7. The highest BCUT2D eigenvalue weighted by Gasteiger charge is 2.25. The summed E-state index contributed by atoms with van der Waals surface area (Å²) in [6.07, 6.45) is 0.322. The first-order chi connectivity index (χ1) is 9.53. The second kappa shape index (κ2) is 6.21. The summed E-state index contributed by atoms with van der Waals surface area (Å²) in [5.41, 5.74) is 5.84. The van der Waals surface area contributed by atoms with Crippen LogP contribution in [0.3, 0.4) is 0 Å². The number of nitrogens with zero attached hydrogens (tertiary/aromatic N) is 5. The van der Waals surface area contributed by atoms with Crippen molar-refractivity contribution in [2.24, 2.45) is 0 Å². The Morgan fingerprint density at radius 3 is 2.30 bits per heavy atom. The summed E-state index contributed by atoms with van der Waals surface area (Å²) >= 11 is 0. The van der Waals surface area contributed by atoms with Crippen molar-refractivity contribution in [3.05, 3.63) is 0 Å². The first-order valence-electron chi connectivity index (χ1n) is 7.20. The molecule has 0 spiro atoms. The molecule has 0 aliphatic carbocycles. The third-order valence-corrected chi connectivity index (χ3v) is 3.38. The molecule has 2 heterocycles. The molecule has 1 aromatic rings. The number of aromatic nitrogens is 3. The Bertz CT molecular complexity index is 440. The van der Waals surface area contributed by atoms with Crippen LogP contribution in [0.5, 0.6) is 0 Å². The quantitative estimate of drug-likeness (QED) is 0.878. The third kappa shape index (κ3) is 3.27. The third-order valence-electron chi connectivity index (χ3n) is 3.38. The minimum absolute atomic E-state index is 0.161. The predicted molar refractivity (Wildman–Crippen MR) is 80.0 cm³/mol. The van der Waals surface area contributed by atoms with E-state index in [4.69, 9.17) is 10.5 Å². The Kier molecular flexibility index (Phi) is 4.59. The van der Waals surface area contributed by atoms with Crippen LogP contribution in [0.25, 0.3) is 0 Å².